The Kier molecular flexibility index (Phi) is 5.73. The van der Waals surface area contributed by atoms with E-state index in [0.29, 0.717) is 12.0 Å². The van der Waals surface area contributed by atoms with Gasteiger partial charge in [0.25, 0.3) is 0 Å². The maximum absolute atomic E-state index is 12.0. The average Bonchev–Trinajstić information content (AvgIpc) is 2.91. The van der Waals surface area contributed by atoms with Crippen molar-refractivity contribution in [3.05, 3.63) is 36.1 Å². The molecule has 0 aliphatic heterocycles. The Balaban J connectivity index is 1.82. The molecule has 3 heteroatoms. The number of hydrogen-bond donors (Lipinski definition) is 0. The topological polar surface area (TPSA) is 47.3 Å². The predicted octanol–water partition coefficient (Wildman–Crippen LogP) is 4.94. The van der Waals surface area contributed by atoms with Crippen LogP contribution in [0.15, 0.2) is 34.7 Å². The molecule has 0 aliphatic carbocycles. The van der Waals surface area contributed by atoms with E-state index in [1.54, 1.807) is 6.07 Å². The van der Waals surface area contributed by atoms with Crippen LogP contribution in [0.3, 0.4) is 0 Å². The minimum absolute atomic E-state index is 0.0111. The standard InChI is InChI=1S/C18H22O3/c1-2-3-4-5-6-10-15(19)13-16(20)18-12-14-9-7-8-11-17(14)21-18/h7-9,11-12H,2-6,10,13H2,1H3. The molecule has 0 N–H and O–H groups in total. The fourth-order valence-corrected chi connectivity index (χ4v) is 2.40. The number of hydrogen-bond acceptors (Lipinski definition) is 3. The van der Waals surface area contributed by atoms with Gasteiger partial charge in [0, 0.05) is 11.8 Å². The molecule has 3 nitrogen and oxygen atoms in total. The Morgan fingerprint density at radius 2 is 1.81 bits per heavy atom. The number of benzene rings is 1. The molecule has 1 heterocycles. The first-order chi connectivity index (χ1) is 10.2. The third kappa shape index (κ3) is 4.55. The summed E-state index contributed by atoms with van der Waals surface area (Å²) in [5, 5.41) is 0.896. The van der Waals surface area contributed by atoms with Gasteiger partial charge >= 0.3 is 0 Å². The van der Waals surface area contributed by atoms with E-state index < -0.39 is 0 Å². The Morgan fingerprint density at radius 1 is 1.05 bits per heavy atom. The van der Waals surface area contributed by atoms with E-state index in [-0.39, 0.29) is 23.7 Å². The van der Waals surface area contributed by atoms with Gasteiger partial charge in [0.15, 0.2) is 5.76 Å². The summed E-state index contributed by atoms with van der Waals surface area (Å²) in [6.45, 7) is 2.16. The van der Waals surface area contributed by atoms with Crippen molar-refractivity contribution in [2.45, 2.75) is 51.9 Å². The van der Waals surface area contributed by atoms with Crippen LogP contribution in [0, 0.1) is 0 Å². The summed E-state index contributed by atoms with van der Waals surface area (Å²) in [5.41, 5.74) is 0.688. The normalized spacial score (nSPS) is 10.9. The molecule has 0 saturated carbocycles. The second kappa shape index (κ2) is 7.77. The molecular weight excluding hydrogens is 264 g/mol. The van der Waals surface area contributed by atoms with Gasteiger partial charge in [-0.3, -0.25) is 9.59 Å². The highest BCUT2D eigenvalue weighted by molar-refractivity contribution is 6.07. The van der Waals surface area contributed by atoms with Crippen molar-refractivity contribution in [3.8, 4) is 0 Å². The lowest BCUT2D eigenvalue weighted by molar-refractivity contribution is -0.118. The molecule has 0 saturated heterocycles. The molecule has 0 spiro atoms. The van der Waals surface area contributed by atoms with E-state index in [1.165, 1.54) is 19.3 Å². The Bertz CT molecular complexity index is 577. The van der Waals surface area contributed by atoms with Gasteiger partial charge < -0.3 is 4.42 Å². The van der Waals surface area contributed by atoms with Crippen LogP contribution in [0.1, 0.15) is 62.4 Å². The molecule has 112 valence electrons. The summed E-state index contributed by atoms with van der Waals surface area (Å²) in [5.74, 6) is 0.0808. The minimum atomic E-state index is -0.218. The quantitative estimate of drug-likeness (QED) is 0.373. The predicted molar refractivity (Wildman–Crippen MR) is 83.5 cm³/mol. The lowest BCUT2D eigenvalue weighted by Crippen LogP contribution is -2.07. The Morgan fingerprint density at radius 3 is 2.57 bits per heavy atom. The molecule has 0 bridgehead atoms. The molecule has 0 aliphatic rings. The van der Waals surface area contributed by atoms with Crippen LogP contribution >= 0.6 is 0 Å². The number of ketones is 2. The van der Waals surface area contributed by atoms with Gasteiger partial charge in [-0.05, 0) is 18.6 Å². The number of rotatable bonds is 9. The third-order valence-electron chi connectivity index (χ3n) is 3.62. The van der Waals surface area contributed by atoms with Gasteiger partial charge in [-0.25, -0.2) is 0 Å². The number of carbonyl (C=O) groups excluding carboxylic acids is 2. The molecule has 2 rings (SSSR count). The van der Waals surface area contributed by atoms with Crippen LogP contribution in [0.2, 0.25) is 0 Å². The zero-order chi connectivity index (χ0) is 15.1. The highest BCUT2D eigenvalue weighted by atomic mass is 16.3. The first-order valence-corrected chi connectivity index (χ1v) is 7.74. The van der Waals surface area contributed by atoms with Gasteiger partial charge in [0.05, 0.1) is 6.42 Å². The van der Waals surface area contributed by atoms with Crippen LogP contribution in [-0.4, -0.2) is 11.6 Å². The van der Waals surface area contributed by atoms with E-state index in [1.807, 2.05) is 24.3 Å². The van der Waals surface area contributed by atoms with Crippen molar-refractivity contribution in [1.82, 2.24) is 0 Å². The highest BCUT2D eigenvalue weighted by Gasteiger charge is 2.15. The van der Waals surface area contributed by atoms with E-state index in [4.69, 9.17) is 4.42 Å². The van der Waals surface area contributed by atoms with Crippen LogP contribution in [0.5, 0.6) is 0 Å². The minimum Gasteiger partial charge on any atom is -0.453 e. The summed E-state index contributed by atoms with van der Waals surface area (Å²) in [7, 11) is 0. The van der Waals surface area contributed by atoms with E-state index in [2.05, 4.69) is 6.92 Å². The van der Waals surface area contributed by atoms with Gasteiger partial charge in [0.1, 0.15) is 11.4 Å². The van der Waals surface area contributed by atoms with Crippen LogP contribution < -0.4 is 0 Å². The lowest BCUT2D eigenvalue weighted by Gasteiger charge is -2.00. The zero-order valence-corrected chi connectivity index (χ0v) is 12.6. The third-order valence-corrected chi connectivity index (χ3v) is 3.62. The highest BCUT2D eigenvalue weighted by Crippen LogP contribution is 2.20. The van der Waals surface area contributed by atoms with Crippen LogP contribution in [-0.2, 0) is 4.79 Å². The summed E-state index contributed by atoms with van der Waals surface area (Å²) in [4.78, 5) is 23.9. The SMILES string of the molecule is CCCCCCCC(=O)CC(=O)c1cc2ccccc2o1. The summed E-state index contributed by atoms with van der Waals surface area (Å²) < 4.78 is 5.49. The smallest absolute Gasteiger partial charge is 0.205 e. The summed E-state index contributed by atoms with van der Waals surface area (Å²) >= 11 is 0. The number of furan rings is 1. The molecule has 21 heavy (non-hydrogen) atoms. The molecule has 0 fully saturated rings. The van der Waals surface area contributed by atoms with Gasteiger partial charge in [-0.1, -0.05) is 50.8 Å². The molecular formula is C18H22O3. The van der Waals surface area contributed by atoms with Crippen molar-refractivity contribution in [2.75, 3.05) is 0 Å². The fourth-order valence-electron chi connectivity index (χ4n) is 2.40. The Hall–Kier alpha value is -1.90. The van der Waals surface area contributed by atoms with Gasteiger partial charge in [-0.2, -0.15) is 0 Å². The van der Waals surface area contributed by atoms with Crippen molar-refractivity contribution in [1.29, 1.82) is 0 Å². The molecule has 0 amide bonds. The number of Topliss-reactive ketones (excluding diaryl/α,β-unsaturated/α-hetero) is 2. The monoisotopic (exact) mass is 286 g/mol. The van der Waals surface area contributed by atoms with E-state index >= 15 is 0 Å². The first-order valence-electron chi connectivity index (χ1n) is 7.74. The molecule has 1 aromatic heterocycles. The van der Waals surface area contributed by atoms with Crippen LogP contribution in [0.25, 0.3) is 11.0 Å². The number of carbonyl (C=O) groups is 2. The average molecular weight is 286 g/mol. The maximum Gasteiger partial charge on any atom is 0.205 e. The van der Waals surface area contributed by atoms with E-state index in [0.717, 1.165) is 18.2 Å². The van der Waals surface area contributed by atoms with Crippen molar-refractivity contribution >= 4 is 22.5 Å². The second-order valence-corrected chi connectivity index (χ2v) is 5.45. The van der Waals surface area contributed by atoms with Crippen molar-refractivity contribution < 1.29 is 14.0 Å². The first kappa shape index (κ1) is 15.5. The molecule has 2 aromatic rings. The van der Waals surface area contributed by atoms with Crippen LogP contribution in [0.4, 0.5) is 0 Å². The molecule has 0 unspecified atom stereocenters. The second-order valence-electron chi connectivity index (χ2n) is 5.45. The summed E-state index contributed by atoms with van der Waals surface area (Å²) in [6.07, 6.45) is 5.97. The fraction of sp³-hybridized carbons (Fsp3) is 0.444. The van der Waals surface area contributed by atoms with Gasteiger partial charge in [-0.15, -0.1) is 0 Å². The maximum atomic E-state index is 12.0. The van der Waals surface area contributed by atoms with Crippen molar-refractivity contribution in [2.24, 2.45) is 0 Å². The number of para-hydroxylation sites is 1. The molecule has 1 aromatic carbocycles. The molecule has 0 radical (unpaired) electrons. The Labute approximate surface area is 125 Å². The van der Waals surface area contributed by atoms with Gasteiger partial charge in [0.2, 0.25) is 5.78 Å². The summed E-state index contributed by atoms with van der Waals surface area (Å²) in [6, 6.07) is 9.19. The van der Waals surface area contributed by atoms with E-state index in [9.17, 15) is 9.59 Å². The van der Waals surface area contributed by atoms with Crippen molar-refractivity contribution in [3.63, 3.8) is 0 Å². The largest absolute Gasteiger partial charge is 0.453 e. The lowest BCUT2D eigenvalue weighted by atomic mass is 10.0. The molecule has 0 atom stereocenters. The number of unbranched alkanes of at least 4 members (excludes halogenated alkanes) is 4. The number of fused-ring (bicyclic) bond motifs is 1. The zero-order valence-electron chi connectivity index (χ0n) is 12.6.